The molecule has 0 bridgehead atoms. The molecule has 0 saturated carbocycles. The number of carbonyl (C=O) groups is 1. The highest BCUT2D eigenvalue weighted by Crippen LogP contribution is 2.46. The van der Waals surface area contributed by atoms with E-state index in [1.807, 2.05) is 25.1 Å². The maximum absolute atomic E-state index is 12.0. The lowest BCUT2D eigenvalue weighted by Crippen LogP contribution is -2.10. The summed E-state index contributed by atoms with van der Waals surface area (Å²) in [6.45, 7) is 5.60. The van der Waals surface area contributed by atoms with E-state index >= 15 is 0 Å². The first-order valence-corrected chi connectivity index (χ1v) is 12.7. The van der Waals surface area contributed by atoms with E-state index in [9.17, 15) is 9.90 Å². The average molecular weight is 568 g/mol. The molecule has 0 radical (unpaired) electrons. The molecule has 0 amide bonds. The molecule has 39 heavy (non-hydrogen) atoms. The normalized spacial score (nSPS) is 10.8. The number of nitrogens with one attached hydrogen (secondary N) is 2. The number of allylic oxidation sites excluding steroid dienone is 1. The van der Waals surface area contributed by atoms with Gasteiger partial charge in [-0.05, 0) is 30.2 Å². The lowest BCUT2D eigenvalue weighted by atomic mass is 10.0. The number of methoxy groups -OCH3 is 2. The van der Waals surface area contributed by atoms with Gasteiger partial charge in [0.05, 0.1) is 36.6 Å². The highest BCUT2D eigenvalue weighted by molar-refractivity contribution is 6.41. The molecule has 0 atom stereocenters. The summed E-state index contributed by atoms with van der Waals surface area (Å²) in [7, 11) is 2.99. The lowest BCUT2D eigenvalue weighted by Gasteiger charge is -2.17. The van der Waals surface area contributed by atoms with Gasteiger partial charge in [-0.15, -0.1) is 0 Å². The Balaban J connectivity index is 1.84. The van der Waals surface area contributed by atoms with Crippen molar-refractivity contribution in [3.8, 4) is 22.8 Å². The molecule has 2 aromatic carbocycles. The van der Waals surface area contributed by atoms with Crippen LogP contribution in [0.3, 0.4) is 0 Å². The van der Waals surface area contributed by atoms with Crippen LogP contribution in [0.2, 0.25) is 10.0 Å². The van der Waals surface area contributed by atoms with Crippen molar-refractivity contribution in [2.24, 2.45) is 0 Å². The summed E-state index contributed by atoms with van der Waals surface area (Å²) < 4.78 is 10.8. The van der Waals surface area contributed by atoms with Crippen molar-refractivity contribution in [1.29, 1.82) is 0 Å². The van der Waals surface area contributed by atoms with Gasteiger partial charge in [0.25, 0.3) is 0 Å². The zero-order chi connectivity index (χ0) is 28.1. The third-order valence-corrected chi connectivity index (χ3v) is 6.74. The van der Waals surface area contributed by atoms with Crippen LogP contribution in [0.5, 0.6) is 11.5 Å². The molecule has 0 fully saturated rings. The number of fused-ring (bicyclic) bond motifs is 1. The van der Waals surface area contributed by atoms with E-state index in [4.69, 9.17) is 42.6 Å². The summed E-state index contributed by atoms with van der Waals surface area (Å²) >= 11 is 13.3. The van der Waals surface area contributed by atoms with Gasteiger partial charge in [0.1, 0.15) is 17.0 Å². The second-order valence-corrected chi connectivity index (χ2v) is 9.26. The number of aliphatic hydroxyl groups excluding tert-OH is 1. The summed E-state index contributed by atoms with van der Waals surface area (Å²) in [6, 6.07) is 9.05. The number of para-hydroxylation sites is 1. The molecule has 4 rings (SSSR count). The van der Waals surface area contributed by atoms with E-state index in [1.54, 1.807) is 18.3 Å². The minimum atomic E-state index is -0.123. The van der Waals surface area contributed by atoms with Crippen LogP contribution in [0.1, 0.15) is 11.1 Å². The number of halogens is 2. The summed E-state index contributed by atoms with van der Waals surface area (Å²) in [6.07, 6.45) is 3.14. The van der Waals surface area contributed by atoms with Crippen LogP contribution in [-0.2, 0) is 11.2 Å². The smallest absolute Gasteiger partial charge is 0.227 e. The number of rotatable bonds is 11. The van der Waals surface area contributed by atoms with Crippen LogP contribution >= 0.6 is 23.2 Å². The highest BCUT2D eigenvalue weighted by Gasteiger charge is 2.22. The molecule has 0 aliphatic carbocycles. The topological polar surface area (TPSA) is 118 Å². The van der Waals surface area contributed by atoms with Gasteiger partial charge in [0.15, 0.2) is 11.6 Å². The highest BCUT2D eigenvalue weighted by atomic mass is 35.5. The molecule has 0 spiro atoms. The van der Waals surface area contributed by atoms with Crippen LogP contribution in [0, 0.1) is 6.92 Å². The standard InChI is InChI=1S/C28H27Cl2N5O4/c1-5-18(37)11-16-8-6-7-15(2)25(16)34-28-32-14-17-12-19(33-27(26(17)35-28)31-9-10-36)22-23(29)20(38-3)13-21(39-4)24(22)30/h5-8,12-14,36H,1,9-11H2,2-4H3,(H,31,33)(H,32,34,35). The number of aryl methyl sites for hydroxylation is 1. The van der Waals surface area contributed by atoms with Crippen molar-refractivity contribution in [2.75, 3.05) is 38.0 Å². The largest absolute Gasteiger partial charge is 0.495 e. The molecule has 9 nitrogen and oxygen atoms in total. The van der Waals surface area contributed by atoms with Crippen LogP contribution in [-0.4, -0.2) is 53.2 Å². The molecule has 0 aliphatic rings. The Morgan fingerprint density at radius 1 is 1.13 bits per heavy atom. The summed E-state index contributed by atoms with van der Waals surface area (Å²) in [4.78, 5) is 26.0. The van der Waals surface area contributed by atoms with E-state index in [1.165, 1.54) is 20.3 Å². The number of anilines is 3. The number of ketones is 1. The van der Waals surface area contributed by atoms with Crippen LogP contribution in [0.15, 0.2) is 49.2 Å². The first-order chi connectivity index (χ1) is 18.8. The fourth-order valence-electron chi connectivity index (χ4n) is 4.06. The number of hydrogen-bond acceptors (Lipinski definition) is 9. The maximum atomic E-state index is 12.0. The summed E-state index contributed by atoms with van der Waals surface area (Å²) in [5.41, 5.74) is 3.82. The molecule has 3 N–H and O–H groups in total. The van der Waals surface area contributed by atoms with Crippen molar-refractivity contribution in [3.63, 3.8) is 0 Å². The molecular weight excluding hydrogens is 541 g/mol. The van der Waals surface area contributed by atoms with Gasteiger partial charge in [-0.2, -0.15) is 0 Å². The van der Waals surface area contributed by atoms with Gasteiger partial charge in [0.2, 0.25) is 5.95 Å². The van der Waals surface area contributed by atoms with Crippen molar-refractivity contribution in [1.82, 2.24) is 15.0 Å². The van der Waals surface area contributed by atoms with Gasteiger partial charge >= 0.3 is 0 Å². The van der Waals surface area contributed by atoms with Gasteiger partial charge in [-0.1, -0.05) is 48.0 Å². The second kappa shape index (κ2) is 12.3. The van der Waals surface area contributed by atoms with E-state index < -0.39 is 0 Å². The Morgan fingerprint density at radius 2 is 1.85 bits per heavy atom. The summed E-state index contributed by atoms with van der Waals surface area (Å²) in [5.74, 6) is 1.35. The number of pyridine rings is 1. The Morgan fingerprint density at radius 3 is 2.49 bits per heavy atom. The number of aliphatic hydroxyl groups is 1. The molecule has 2 aromatic heterocycles. The SMILES string of the molecule is C=CC(=O)Cc1cccc(C)c1Nc1ncc2cc(-c3c(Cl)c(OC)cc(OC)c3Cl)nc(NCCO)c2n1. The van der Waals surface area contributed by atoms with Gasteiger partial charge in [-0.3, -0.25) is 4.79 Å². The molecule has 4 aromatic rings. The summed E-state index contributed by atoms with van der Waals surface area (Å²) in [5, 5.41) is 17.0. The minimum absolute atomic E-state index is 0.0956. The quantitative estimate of drug-likeness (QED) is 0.194. The predicted molar refractivity (Wildman–Crippen MR) is 155 cm³/mol. The van der Waals surface area contributed by atoms with Crippen LogP contribution in [0.4, 0.5) is 17.5 Å². The number of nitrogens with zero attached hydrogens (tertiary/aromatic N) is 3. The van der Waals surface area contributed by atoms with E-state index in [2.05, 4.69) is 22.2 Å². The first-order valence-electron chi connectivity index (χ1n) is 11.9. The Labute approximate surface area is 235 Å². The average Bonchev–Trinajstić information content (AvgIpc) is 2.93. The third kappa shape index (κ3) is 5.90. The molecule has 2 heterocycles. The zero-order valence-corrected chi connectivity index (χ0v) is 23.2. The Bertz CT molecular complexity index is 1530. The lowest BCUT2D eigenvalue weighted by molar-refractivity contribution is -0.114. The maximum Gasteiger partial charge on any atom is 0.227 e. The minimum Gasteiger partial charge on any atom is -0.495 e. The number of hydrogen-bond donors (Lipinski definition) is 3. The van der Waals surface area contributed by atoms with Gasteiger partial charge in [0, 0.05) is 41.9 Å². The van der Waals surface area contributed by atoms with Gasteiger partial charge < -0.3 is 25.2 Å². The van der Waals surface area contributed by atoms with E-state index in [0.29, 0.717) is 45.4 Å². The van der Waals surface area contributed by atoms with Gasteiger partial charge in [-0.25, -0.2) is 15.0 Å². The van der Waals surface area contributed by atoms with E-state index in [0.717, 1.165) is 16.8 Å². The zero-order valence-electron chi connectivity index (χ0n) is 21.6. The Kier molecular flexibility index (Phi) is 8.86. The monoisotopic (exact) mass is 567 g/mol. The van der Waals surface area contributed by atoms with E-state index in [-0.39, 0.29) is 35.4 Å². The molecular formula is C28H27Cl2N5O4. The molecule has 202 valence electrons. The van der Waals surface area contributed by atoms with Crippen LogP contribution in [0.25, 0.3) is 22.2 Å². The van der Waals surface area contributed by atoms with Crippen LogP contribution < -0.4 is 20.1 Å². The number of carbonyl (C=O) groups excluding carboxylic acids is 1. The molecule has 0 unspecified atom stereocenters. The predicted octanol–water partition coefficient (Wildman–Crippen LogP) is 5.77. The number of aromatic nitrogens is 3. The fourth-order valence-corrected chi connectivity index (χ4v) is 4.76. The number of benzene rings is 2. The molecule has 11 heteroatoms. The van der Waals surface area contributed by atoms with Crippen molar-refractivity contribution in [3.05, 3.63) is 70.4 Å². The van der Waals surface area contributed by atoms with Crippen molar-refractivity contribution >= 4 is 57.3 Å². The first kappa shape index (κ1) is 28.1. The van der Waals surface area contributed by atoms with Crippen molar-refractivity contribution < 1.29 is 19.4 Å². The Hall–Kier alpha value is -3.92. The fraction of sp³-hybridized carbons (Fsp3) is 0.214. The third-order valence-electron chi connectivity index (χ3n) is 5.99. The molecule has 0 saturated heterocycles. The number of ether oxygens (including phenoxy) is 2. The second-order valence-electron chi connectivity index (χ2n) is 8.50. The van der Waals surface area contributed by atoms with Crippen molar-refractivity contribution in [2.45, 2.75) is 13.3 Å². The molecule has 0 aliphatic heterocycles.